The van der Waals surface area contributed by atoms with E-state index in [0.717, 1.165) is 10.4 Å². The second kappa shape index (κ2) is 7.18. The molecule has 2 heterocycles. The maximum atomic E-state index is 11.2. The van der Waals surface area contributed by atoms with Crippen molar-refractivity contribution in [3.8, 4) is 22.1 Å². The third-order valence-corrected chi connectivity index (χ3v) is 4.46. The van der Waals surface area contributed by atoms with Crippen LogP contribution in [0.15, 0.2) is 48.8 Å². The first-order valence-electron chi connectivity index (χ1n) is 7.53. The average Bonchev–Trinajstić information content (AvgIpc) is 3.07. The fraction of sp³-hybridized carbons (Fsp3) is 0.118. The number of thiazole rings is 1. The second-order valence-corrected chi connectivity index (χ2v) is 6.10. The van der Waals surface area contributed by atoms with Gasteiger partial charge in [-0.25, -0.2) is 14.8 Å². The molecule has 0 radical (unpaired) electrons. The Labute approximate surface area is 148 Å². The predicted octanol–water partition coefficient (Wildman–Crippen LogP) is 4.08. The number of hydrogen-bond acceptors (Lipinski definition) is 6. The molecule has 7 nitrogen and oxygen atoms in total. The molecular weight excluding hydrogens is 340 g/mol. The Kier molecular flexibility index (Phi) is 4.80. The third-order valence-electron chi connectivity index (χ3n) is 3.39. The normalized spacial score (nSPS) is 10.4. The second-order valence-electron chi connectivity index (χ2n) is 5.09. The van der Waals surface area contributed by atoms with Crippen LogP contribution in [0.25, 0.3) is 10.4 Å². The van der Waals surface area contributed by atoms with E-state index in [2.05, 4.69) is 9.97 Å². The maximum Gasteiger partial charge on any atom is 0.413 e. The summed E-state index contributed by atoms with van der Waals surface area (Å²) in [7, 11) is 0. The molecule has 0 atom stereocenters. The third kappa shape index (κ3) is 3.86. The van der Waals surface area contributed by atoms with E-state index in [4.69, 9.17) is 15.6 Å². The van der Waals surface area contributed by atoms with Crippen LogP contribution in [0.5, 0.6) is 11.6 Å². The number of hydrogen-bond donors (Lipinski definition) is 2. The summed E-state index contributed by atoms with van der Waals surface area (Å²) in [6.45, 7) is 2.12. The van der Waals surface area contributed by atoms with Crippen LogP contribution < -0.4 is 15.4 Å². The van der Waals surface area contributed by atoms with E-state index in [9.17, 15) is 4.79 Å². The van der Waals surface area contributed by atoms with Crippen LogP contribution in [0, 0.1) is 0 Å². The molecule has 3 aromatic rings. The molecule has 1 aromatic carbocycles. The lowest BCUT2D eigenvalue weighted by Gasteiger charge is -2.12. The fourth-order valence-electron chi connectivity index (χ4n) is 2.14. The number of anilines is 2. The quantitative estimate of drug-likeness (QED) is 0.714. The zero-order valence-electron chi connectivity index (χ0n) is 13.4. The zero-order valence-corrected chi connectivity index (χ0v) is 14.2. The van der Waals surface area contributed by atoms with Gasteiger partial charge in [-0.1, -0.05) is 11.3 Å². The molecule has 0 unspecified atom stereocenters. The van der Waals surface area contributed by atoms with Crippen molar-refractivity contribution < 1.29 is 14.6 Å². The molecule has 8 heteroatoms. The summed E-state index contributed by atoms with van der Waals surface area (Å²) in [4.78, 5) is 21.5. The lowest BCUT2D eigenvalue weighted by atomic mass is 10.2. The van der Waals surface area contributed by atoms with Crippen LogP contribution in [0.3, 0.4) is 0 Å². The first-order chi connectivity index (χ1) is 12.1. The number of pyridine rings is 1. The SMILES string of the molecule is CCN(C(=O)O)c1ncc(-c2ccc(Oc3ccc(N)cn3)cc2)s1. The largest absolute Gasteiger partial charge is 0.465 e. The van der Waals surface area contributed by atoms with Crippen LogP contribution in [-0.2, 0) is 0 Å². The topological polar surface area (TPSA) is 102 Å². The van der Waals surface area contributed by atoms with E-state index in [0.29, 0.717) is 29.0 Å². The van der Waals surface area contributed by atoms with Crippen LogP contribution in [0.1, 0.15) is 6.92 Å². The Morgan fingerprint density at radius 3 is 2.56 bits per heavy atom. The standard InChI is InChI=1S/C17H16N4O3S/c1-2-21(17(22)23)16-20-10-14(25-16)11-3-6-13(7-4-11)24-15-8-5-12(18)9-19-15/h3-10H,2,18H2,1H3,(H,22,23). The van der Waals surface area contributed by atoms with Crippen molar-refractivity contribution in [3.63, 3.8) is 0 Å². The van der Waals surface area contributed by atoms with Crippen molar-refractivity contribution in [2.24, 2.45) is 0 Å². The monoisotopic (exact) mass is 356 g/mol. The number of ether oxygens (including phenoxy) is 1. The number of amides is 1. The van der Waals surface area contributed by atoms with Gasteiger partial charge in [0.25, 0.3) is 0 Å². The Hall–Kier alpha value is -3.13. The number of nitrogens with zero attached hydrogens (tertiary/aromatic N) is 3. The summed E-state index contributed by atoms with van der Waals surface area (Å²) in [5.74, 6) is 1.11. The van der Waals surface area contributed by atoms with Crippen molar-refractivity contribution >= 4 is 28.2 Å². The van der Waals surface area contributed by atoms with Gasteiger partial charge in [0.05, 0.1) is 16.8 Å². The molecule has 128 valence electrons. The zero-order chi connectivity index (χ0) is 17.8. The van der Waals surface area contributed by atoms with Crippen LogP contribution >= 0.6 is 11.3 Å². The molecule has 1 amide bonds. The Balaban J connectivity index is 1.75. The number of rotatable bonds is 5. The molecule has 0 fully saturated rings. The number of carbonyl (C=O) groups is 1. The van der Waals surface area contributed by atoms with Gasteiger partial charge in [-0.15, -0.1) is 0 Å². The van der Waals surface area contributed by atoms with Gasteiger partial charge in [0, 0.05) is 18.8 Å². The van der Waals surface area contributed by atoms with Crippen molar-refractivity contribution in [2.45, 2.75) is 6.92 Å². The van der Waals surface area contributed by atoms with Crippen LogP contribution in [-0.4, -0.2) is 27.7 Å². The van der Waals surface area contributed by atoms with Crippen molar-refractivity contribution in [1.82, 2.24) is 9.97 Å². The molecule has 0 aliphatic heterocycles. The molecule has 2 aromatic heterocycles. The van der Waals surface area contributed by atoms with E-state index in [1.165, 1.54) is 22.4 Å². The Morgan fingerprint density at radius 1 is 1.20 bits per heavy atom. The van der Waals surface area contributed by atoms with Crippen molar-refractivity contribution in [3.05, 3.63) is 48.8 Å². The smallest absolute Gasteiger partial charge is 0.413 e. The first kappa shape index (κ1) is 16.7. The van der Waals surface area contributed by atoms with Gasteiger partial charge in [0.2, 0.25) is 5.88 Å². The van der Waals surface area contributed by atoms with Gasteiger partial charge in [0.15, 0.2) is 5.13 Å². The molecule has 0 aliphatic rings. The highest BCUT2D eigenvalue weighted by Crippen LogP contribution is 2.32. The van der Waals surface area contributed by atoms with Gasteiger partial charge in [-0.3, -0.25) is 4.90 Å². The molecule has 0 bridgehead atoms. The lowest BCUT2D eigenvalue weighted by molar-refractivity contribution is 0.202. The van der Waals surface area contributed by atoms with Gasteiger partial charge < -0.3 is 15.6 Å². The van der Waals surface area contributed by atoms with Gasteiger partial charge in [-0.05, 0) is 42.8 Å². The summed E-state index contributed by atoms with van der Waals surface area (Å²) in [6.07, 6.45) is 2.19. The summed E-state index contributed by atoms with van der Waals surface area (Å²) < 4.78 is 5.65. The highest BCUT2D eigenvalue weighted by atomic mass is 32.1. The number of benzene rings is 1. The molecule has 0 saturated heterocycles. The molecule has 0 aliphatic carbocycles. The summed E-state index contributed by atoms with van der Waals surface area (Å²) >= 11 is 1.33. The molecule has 3 N–H and O–H groups in total. The summed E-state index contributed by atoms with van der Waals surface area (Å²) in [5.41, 5.74) is 7.10. The van der Waals surface area contributed by atoms with Gasteiger partial charge in [0.1, 0.15) is 5.75 Å². The van der Waals surface area contributed by atoms with E-state index in [-0.39, 0.29) is 0 Å². The Bertz CT molecular complexity index is 862. The van der Waals surface area contributed by atoms with Gasteiger partial charge in [-0.2, -0.15) is 0 Å². The molecule has 3 rings (SSSR count). The lowest BCUT2D eigenvalue weighted by Crippen LogP contribution is -2.28. The van der Waals surface area contributed by atoms with Gasteiger partial charge >= 0.3 is 6.09 Å². The number of aromatic nitrogens is 2. The minimum Gasteiger partial charge on any atom is -0.465 e. The Morgan fingerprint density at radius 2 is 1.96 bits per heavy atom. The van der Waals surface area contributed by atoms with E-state index >= 15 is 0 Å². The van der Waals surface area contributed by atoms with E-state index in [1.807, 2.05) is 24.3 Å². The molecule has 0 spiro atoms. The molecule has 0 saturated carbocycles. The minimum atomic E-state index is -1.01. The molecular formula is C17H16N4O3S. The first-order valence-corrected chi connectivity index (χ1v) is 8.34. The van der Waals surface area contributed by atoms with Crippen molar-refractivity contribution in [1.29, 1.82) is 0 Å². The predicted molar refractivity (Wildman–Crippen MR) is 97.3 cm³/mol. The van der Waals surface area contributed by atoms with E-state index in [1.54, 1.807) is 25.3 Å². The summed E-state index contributed by atoms with van der Waals surface area (Å²) in [6, 6.07) is 10.8. The van der Waals surface area contributed by atoms with Crippen LogP contribution in [0.4, 0.5) is 15.6 Å². The number of nitrogen functional groups attached to an aromatic ring is 1. The fourth-order valence-corrected chi connectivity index (χ4v) is 3.11. The number of carboxylic acid groups (broad SMARTS) is 1. The van der Waals surface area contributed by atoms with E-state index < -0.39 is 6.09 Å². The van der Waals surface area contributed by atoms with Crippen molar-refractivity contribution in [2.75, 3.05) is 17.2 Å². The molecule has 25 heavy (non-hydrogen) atoms. The summed E-state index contributed by atoms with van der Waals surface area (Å²) in [5, 5.41) is 9.62. The van der Waals surface area contributed by atoms with Crippen LogP contribution in [0.2, 0.25) is 0 Å². The average molecular weight is 356 g/mol. The highest BCUT2D eigenvalue weighted by molar-refractivity contribution is 7.19. The highest BCUT2D eigenvalue weighted by Gasteiger charge is 2.16. The number of nitrogens with two attached hydrogens (primary N) is 1. The maximum absolute atomic E-state index is 11.2. The minimum absolute atomic E-state index is 0.351.